The SMILES string of the molecule is CC(NC1CCC(CNc2nc(N3CCOC[C@H]3C)cc(-n3c(C(F)F)nc4ccccc43)n2)CC1)C(C)(C)O. The number of anilines is 2. The van der Waals surface area contributed by atoms with Gasteiger partial charge in [-0.2, -0.15) is 9.97 Å². The van der Waals surface area contributed by atoms with Gasteiger partial charge in [0.25, 0.3) is 6.43 Å². The number of alkyl halides is 2. The van der Waals surface area contributed by atoms with Gasteiger partial charge in [0.2, 0.25) is 5.95 Å². The number of hydrogen-bond donors (Lipinski definition) is 3. The molecular formula is C29H41F2N7O2. The molecule has 2 aliphatic rings. The van der Waals surface area contributed by atoms with Gasteiger partial charge >= 0.3 is 0 Å². The summed E-state index contributed by atoms with van der Waals surface area (Å²) in [7, 11) is 0. The summed E-state index contributed by atoms with van der Waals surface area (Å²) in [5.74, 6) is 1.57. The normalized spacial score (nSPS) is 23.1. The Hall–Kier alpha value is -2.89. The van der Waals surface area contributed by atoms with Crippen molar-refractivity contribution in [2.75, 3.05) is 36.5 Å². The van der Waals surface area contributed by atoms with Crippen LogP contribution in [-0.4, -0.2) is 74.7 Å². The zero-order valence-corrected chi connectivity index (χ0v) is 23.8. The molecule has 1 aromatic carbocycles. The molecule has 0 amide bonds. The Kier molecular flexibility index (Phi) is 8.53. The highest BCUT2D eigenvalue weighted by Crippen LogP contribution is 2.31. The summed E-state index contributed by atoms with van der Waals surface area (Å²) in [6, 6.07) is 9.38. The third kappa shape index (κ3) is 6.37. The van der Waals surface area contributed by atoms with E-state index < -0.39 is 12.0 Å². The lowest BCUT2D eigenvalue weighted by Crippen LogP contribution is -2.49. The number of nitrogens with zero attached hydrogens (tertiary/aromatic N) is 5. The predicted octanol–water partition coefficient (Wildman–Crippen LogP) is 4.70. The van der Waals surface area contributed by atoms with Crippen molar-refractivity contribution in [3.63, 3.8) is 0 Å². The van der Waals surface area contributed by atoms with Gasteiger partial charge < -0.3 is 25.4 Å². The molecule has 3 aromatic rings. The Bertz CT molecular complexity index is 1290. The monoisotopic (exact) mass is 557 g/mol. The van der Waals surface area contributed by atoms with Crippen molar-refractivity contribution in [2.24, 2.45) is 5.92 Å². The van der Waals surface area contributed by atoms with E-state index in [4.69, 9.17) is 14.7 Å². The predicted molar refractivity (Wildman–Crippen MR) is 152 cm³/mol. The largest absolute Gasteiger partial charge is 0.389 e. The van der Waals surface area contributed by atoms with E-state index in [1.807, 2.05) is 26.8 Å². The van der Waals surface area contributed by atoms with Gasteiger partial charge in [-0.3, -0.25) is 4.57 Å². The van der Waals surface area contributed by atoms with Gasteiger partial charge in [-0.05, 0) is 71.4 Å². The third-order valence-corrected chi connectivity index (χ3v) is 8.31. The van der Waals surface area contributed by atoms with Crippen molar-refractivity contribution in [2.45, 2.75) is 83.5 Å². The fourth-order valence-electron chi connectivity index (χ4n) is 5.59. The maximum absolute atomic E-state index is 14.1. The van der Waals surface area contributed by atoms with Gasteiger partial charge in [-0.25, -0.2) is 13.8 Å². The summed E-state index contributed by atoms with van der Waals surface area (Å²) in [6.45, 7) is 10.2. The summed E-state index contributed by atoms with van der Waals surface area (Å²) >= 11 is 0. The van der Waals surface area contributed by atoms with Crippen LogP contribution in [0.4, 0.5) is 20.5 Å². The number of halogens is 2. The van der Waals surface area contributed by atoms with Crippen LogP contribution >= 0.6 is 0 Å². The molecule has 0 radical (unpaired) electrons. The van der Waals surface area contributed by atoms with Crippen molar-refractivity contribution in [3.05, 3.63) is 36.2 Å². The molecular weight excluding hydrogens is 516 g/mol. The Balaban J connectivity index is 1.38. The quantitative estimate of drug-likeness (QED) is 0.348. The standard InChI is InChI=1S/C29H41F2N7O2/c1-18-17-40-14-13-37(18)24-15-25(38-23-8-6-5-7-22(23)34-27(38)26(30)31)36-28(35-24)32-16-20-9-11-21(12-10-20)33-19(2)29(3,4)39/h5-8,15,18-21,26,33,39H,9-14,16-17H2,1-4H3,(H,32,35,36)/t18-,19?,20?,21?/m1/s1. The lowest BCUT2D eigenvalue weighted by molar-refractivity contribution is 0.0368. The number of fused-ring (bicyclic) bond motifs is 1. The molecule has 0 spiro atoms. The zero-order chi connectivity index (χ0) is 28.4. The number of aromatic nitrogens is 4. The van der Waals surface area contributed by atoms with E-state index in [-0.39, 0.29) is 17.9 Å². The van der Waals surface area contributed by atoms with Crippen LogP contribution in [0.1, 0.15) is 65.6 Å². The lowest BCUT2D eigenvalue weighted by atomic mass is 9.85. The van der Waals surface area contributed by atoms with Crippen molar-refractivity contribution >= 4 is 22.8 Å². The summed E-state index contributed by atoms with van der Waals surface area (Å²) in [6.07, 6.45) is 1.38. The first-order chi connectivity index (χ1) is 19.1. The van der Waals surface area contributed by atoms with E-state index in [1.54, 1.807) is 24.3 Å². The second-order valence-electron chi connectivity index (χ2n) is 11.8. The Labute approximate surface area is 234 Å². The van der Waals surface area contributed by atoms with Crippen molar-refractivity contribution in [1.82, 2.24) is 24.8 Å². The van der Waals surface area contributed by atoms with Crippen molar-refractivity contribution in [3.8, 4) is 5.82 Å². The molecule has 1 unspecified atom stereocenters. The third-order valence-electron chi connectivity index (χ3n) is 8.31. The molecule has 1 saturated carbocycles. The first kappa shape index (κ1) is 28.6. The summed E-state index contributed by atoms with van der Waals surface area (Å²) in [4.78, 5) is 15.9. The van der Waals surface area contributed by atoms with Crippen LogP contribution in [0.25, 0.3) is 16.9 Å². The average molecular weight is 558 g/mol. The maximum Gasteiger partial charge on any atom is 0.296 e. The van der Waals surface area contributed by atoms with E-state index in [0.717, 1.165) is 25.7 Å². The fourth-order valence-corrected chi connectivity index (χ4v) is 5.59. The van der Waals surface area contributed by atoms with Crippen LogP contribution in [0.3, 0.4) is 0 Å². The number of benzene rings is 1. The van der Waals surface area contributed by atoms with Gasteiger partial charge in [0.05, 0.1) is 35.9 Å². The maximum atomic E-state index is 14.1. The van der Waals surface area contributed by atoms with Gasteiger partial charge in [0.1, 0.15) is 11.6 Å². The van der Waals surface area contributed by atoms with Gasteiger partial charge in [-0.1, -0.05) is 12.1 Å². The molecule has 0 bridgehead atoms. The van der Waals surface area contributed by atoms with E-state index in [9.17, 15) is 13.9 Å². The minimum absolute atomic E-state index is 0.0155. The topological polar surface area (TPSA) is 100 Å². The average Bonchev–Trinajstić information content (AvgIpc) is 3.32. The molecule has 3 heterocycles. The number of hydrogen-bond acceptors (Lipinski definition) is 8. The lowest BCUT2D eigenvalue weighted by Gasteiger charge is -2.35. The number of aliphatic hydroxyl groups is 1. The molecule has 3 N–H and O–H groups in total. The number of para-hydroxylation sites is 2. The second-order valence-corrected chi connectivity index (χ2v) is 11.8. The Morgan fingerprint density at radius 2 is 1.82 bits per heavy atom. The molecule has 2 aromatic heterocycles. The molecule has 1 aliphatic carbocycles. The summed E-state index contributed by atoms with van der Waals surface area (Å²) < 4.78 is 35.4. The highest BCUT2D eigenvalue weighted by Gasteiger charge is 2.29. The van der Waals surface area contributed by atoms with Crippen molar-refractivity contribution < 1.29 is 18.6 Å². The molecule has 2 atom stereocenters. The zero-order valence-electron chi connectivity index (χ0n) is 23.8. The molecule has 5 rings (SSSR count). The van der Waals surface area contributed by atoms with Gasteiger partial charge in [0, 0.05) is 31.2 Å². The van der Waals surface area contributed by atoms with E-state index in [2.05, 4.69) is 27.4 Å². The van der Waals surface area contributed by atoms with Crippen LogP contribution in [-0.2, 0) is 4.74 Å². The van der Waals surface area contributed by atoms with Crippen LogP contribution in [0.15, 0.2) is 30.3 Å². The smallest absolute Gasteiger partial charge is 0.296 e. The van der Waals surface area contributed by atoms with E-state index in [1.165, 1.54) is 4.57 Å². The molecule has 1 saturated heterocycles. The van der Waals surface area contributed by atoms with Crippen LogP contribution in [0.2, 0.25) is 0 Å². The molecule has 9 nitrogen and oxygen atoms in total. The molecule has 40 heavy (non-hydrogen) atoms. The molecule has 218 valence electrons. The van der Waals surface area contributed by atoms with E-state index in [0.29, 0.717) is 66.9 Å². The van der Waals surface area contributed by atoms with Crippen molar-refractivity contribution in [1.29, 1.82) is 0 Å². The highest BCUT2D eigenvalue weighted by atomic mass is 19.3. The Morgan fingerprint density at radius 1 is 1.10 bits per heavy atom. The first-order valence-corrected chi connectivity index (χ1v) is 14.3. The fraction of sp³-hybridized carbons (Fsp3) is 0.621. The Morgan fingerprint density at radius 3 is 2.52 bits per heavy atom. The first-order valence-electron chi connectivity index (χ1n) is 14.3. The van der Waals surface area contributed by atoms with Gasteiger partial charge in [-0.15, -0.1) is 0 Å². The number of imidazole rings is 1. The molecule has 11 heteroatoms. The number of morpholine rings is 1. The van der Waals surface area contributed by atoms with Gasteiger partial charge in [0.15, 0.2) is 5.82 Å². The number of nitrogens with one attached hydrogen (secondary N) is 2. The minimum Gasteiger partial charge on any atom is -0.389 e. The molecule has 1 aliphatic heterocycles. The van der Waals surface area contributed by atoms with Crippen LogP contribution in [0, 0.1) is 5.92 Å². The molecule has 2 fully saturated rings. The van der Waals surface area contributed by atoms with Crippen LogP contribution < -0.4 is 15.5 Å². The summed E-state index contributed by atoms with van der Waals surface area (Å²) in [5.41, 5.74) is 0.312. The summed E-state index contributed by atoms with van der Waals surface area (Å²) in [5, 5.41) is 17.3. The second kappa shape index (κ2) is 11.9. The van der Waals surface area contributed by atoms with Crippen LogP contribution in [0.5, 0.6) is 0 Å². The van der Waals surface area contributed by atoms with E-state index >= 15 is 0 Å². The number of ether oxygens (including phenoxy) is 1. The number of rotatable bonds is 9. The highest BCUT2D eigenvalue weighted by molar-refractivity contribution is 5.78. The minimum atomic E-state index is -2.76.